The van der Waals surface area contributed by atoms with Crippen molar-refractivity contribution in [2.24, 2.45) is 0 Å². The highest BCUT2D eigenvalue weighted by molar-refractivity contribution is 7.92. The number of hydrogen-bond acceptors (Lipinski definition) is 3. The van der Waals surface area contributed by atoms with Gasteiger partial charge in [-0.3, -0.25) is 9.10 Å². The molecule has 0 N–H and O–H groups in total. The number of anilines is 2. The number of amides is 1. The fourth-order valence-corrected chi connectivity index (χ4v) is 4.77. The van der Waals surface area contributed by atoms with Crippen molar-refractivity contribution in [3.63, 3.8) is 0 Å². The van der Waals surface area contributed by atoms with Crippen molar-refractivity contribution in [1.29, 1.82) is 0 Å². The molecule has 1 amide bonds. The smallest absolute Gasteiger partial charge is 0.232 e. The van der Waals surface area contributed by atoms with E-state index < -0.39 is 10.0 Å². The van der Waals surface area contributed by atoms with Crippen molar-refractivity contribution < 1.29 is 13.2 Å². The van der Waals surface area contributed by atoms with Crippen molar-refractivity contribution in [1.82, 2.24) is 0 Å². The van der Waals surface area contributed by atoms with E-state index in [2.05, 4.69) is 6.07 Å². The maximum absolute atomic E-state index is 12.8. The number of benzene rings is 2. The second-order valence-electron chi connectivity index (χ2n) is 7.17. The molecule has 0 aromatic heterocycles. The minimum atomic E-state index is -3.41. The van der Waals surface area contributed by atoms with E-state index in [1.165, 1.54) is 16.1 Å². The van der Waals surface area contributed by atoms with Gasteiger partial charge in [-0.25, -0.2) is 8.42 Å². The van der Waals surface area contributed by atoms with Crippen LogP contribution in [0.5, 0.6) is 0 Å². The largest absolute Gasteiger partial charge is 0.309 e. The third-order valence-electron chi connectivity index (χ3n) is 5.01. The SMILES string of the molecule is Cc1ccccc1N(CCCC(=O)N1c2ccccc2C[C@H]1C)S(C)(=O)=O. The van der Waals surface area contributed by atoms with Crippen LogP contribution in [-0.4, -0.2) is 33.2 Å². The van der Waals surface area contributed by atoms with Gasteiger partial charge in [-0.05, 0) is 49.9 Å². The summed E-state index contributed by atoms with van der Waals surface area (Å²) in [7, 11) is -3.41. The molecule has 1 aliphatic heterocycles. The first-order chi connectivity index (χ1) is 12.8. The zero-order valence-electron chi connectivity index (χ0n) is 16.1. The first kappa shape index (κ1) is 19.4. The van der Waals surface area contributed by atoms with Crippen molar-refractivity contribution in [2.45, 2.75) is 39.2 Å². The third kappa shape index (κ3) is 4.16. The molecule has 1 aliphatic rings. The van der Waals surface area contributed by atoms with Gasteiger partial charge in [0.1, 0.15) is 0 Å². The highest BCUT2D eigenvalue weighted by atomic mass is 32.2. The van der Waals surface area contributed by atoms with Crippen LogP contribution in [0.1, 0.15) is 30.9 Å². The summed E-state index contributed by atoms with van der Waals surface area (Å²) in [4.78, 5) is 14.7. The molecule has 0 saturated heterocycles. The molecule has 0 spiro atoms. The Hall–Kier alpha value is -2.34. The minimum Gasteiger partial charge on any atom is -0.309 e. The Kier molecular flexibility index (Phi) is 5.56. The van der Waals surface area contributed by atoms with Crippen molar-refractivity contribution in [3.8, 4) is 0 Å². The van der Waals surface area contributed by atoms with E-state index in [9.17, 15) is 13.2 Å². The standard InChI is InChI=1S/C21H26N2O3S/c1-16-9-4-6-11-19(16)22(27(3,25)26)14-8-13-21(24)23-17(2)15-18-10-5-7-12-20(18)23/h4-7,9-12,17H,8,13-15H2,1-3H3/t17-/m1/s1. The molecular weight excluding hydrogens is 360 g/mol. The number of nitrogens with zero attached hydrogens (tertiary/aromatic N) is 2. The second-order valence-corrected chi connectivity index (χ2v) is 9.08. The number of carbonyl (C=O) groups excluding carboxylic acids is 1. The number of sulfonamides is 1. The number of para-hydroxylation sites is 2. The summed E-state index contributed by atoms with van der Waals surface area (Å²) in [5.41, 5.74) is 3.74. The summed E-state index contributed by atoms with van der Waals surface area (Å²) in [6.07, 6.45) is 2.86. The van der Waals surface area contributed by atoms with Gasteiger partial charge >= 0.3 is 0 Å². The van der Waals surface area contributed by atoms with Crippen LogP contribution in [0.2, 0.25) is 0 Å². The van der Waals surface area contributed by atoms with Gasteiger partial charge in [0.15, 0.2) is 0 Å². The van der Waals surface area contributed by atoms with Gasteiger partial charge in [-0.2, -0.15) is 0 Å². The van der Waals surface area contributed by atoms with Crippen molar-refractivity contribution in [3.05, 3.63) is 59.7 Å². The van der Waals surface area contributed by atoms with Crippen LogP contribution >= 0.6 is 0 Å². The Morgan fingerprint density at radius 3 is 2.52 bits per heavy atom. The molecule has 0 radical (unpaired) electrons. The quantitative estimate of drug-likeness (QED) is 0.763. The van der Waals surface area contributed by atoms with Gasteiger partial charge in [-0.15, -0.1) is 0 Å². The second kappa shape index (κ2) is 7.72. The molecule has 144 valence electrons. The van der Waals surface area contributed by atoms with Crippen LogP contribution in [-0.2, 0) is 21.2 Å². The summed E-state index contributed by atoms with van der Waals surface area (Å²) in [5, 5.41) is 0. The van der Waals surface area contributed by atoms with Crippen molar-refractivity contribution >= 4 is 27.3 Å². The normalized spacial score (nSPS) is 16.3. The van der Waals surface area contributed by atoms with Gasteiger partial charge in [0, 0.05) is 24.7 Å². The molecular formula is C21H26N2O3S. The zero-order chi connectivity index (χ0) is 19.6. The van der Waals surface area contributed by atoms with Gasteiger partial charge in [-0.1, -0.05) is 36.4 Å². The molecule has 1 atom stereocenters. The molecule has 0 bridgehead atoms. The maximum Gasteiger partial charge on any atom is 0.232 e. The van der Waals surface area contributed by atoms with E-state index in [1.54, 1.807) is 6.07 Å². The molecule has 2 aromatic carbocycles. The summed E-state index contributed by atoms with van der Waals surface area (Å²) >= 11 is 0. The Bertz CT molecular complexity index is 940. The number of aryl methyl sites for hydroxylation is 1. The lowest BCUT2D eigenvalue weighted by Crippen LogP contribution is -2.37. The van der Waals surface area contributed by atoms with Gasteiger partial charge in [0.25, 0.3) is 0 Å². The molecule has 1 heterocycles. The van der Waals surface area contributed by atoms with Crippen LogP contribution in [0.3, 0.4) is 0 Å². The van der Waals surface area contributed by atoms with E-state index in [0.29, 0.717) is 25.1 Å². The van der Waals surface area contributed by atoms with E-state index in [1.807, 2.05) is 55.1 Å². The fraction of sp³-hybridized carbons (Fsp3) is 0.381. The number of carbonyl (C=O) groups is 1. The minimum absolute atomic E-state index is 0.0469. The van der Waals surface area contributed by atoms with E-state index >= 15 is 0 Å². The summed E-state index contributed by atoms with van der Waals surface area (Å²) in [5.74, 6) is 0.0469. The monoisotopic (exact) mass is 386 g/mol. The number of hydrogen-bond donors (Lipinski definition) is 0. The van der Waals surface area contributed by atoms with Gasteiger partial charge < -0.3 is 4.90 Å². The molecule has 0 saturated carbocycles. The number of rotatable bonds is 6. The lowest BCUT2D eigenvalue weighted by molar-refractivity contribution is -0.118. The first-order valence-electron chi connectivity index (χ1n) is 9.22. The topological polar surface area (TPSA) is 57.7 Å². The lowest BCUT2D eigenvalue weighted by atomic mass is 10.1. The highest BCUT2D eigenvalue weighted by Crippen LogP contribution is 2.32. The van der Waals surface area contributed by atoms with Crippen molar-refractivity contribution in [2.75, 3.05) is 22.0 Å². The summed E-state index contributed by atoms with van der Waals surface area (Å²) < 4.78 is 25.9. The molecule has 2 aromatic rings. The molecule has 5 nitrogen and oxygen atoms in total. The summed E-state index contributed by atoms with van der Waals surface area (Å²) in [6, 6.07) is 15.5. The van der Waals surface area contributed by atoms with Crippen LogP contribution in [0.15, 0.2) is 48.5 Å². The lowest BCUT2D eigenvalue weighted by Gasteiger charge is -2.26. The summed E-state index contributed by atoms with van der Waals surface area (Å²) in [6.45, 7) is 4.23. The molecule has 3 rings (SSSR count). The Labute approximate surface area is 161 Å². The van der Waals surface area contributed by atoms with E-state index in [-0.39, 0.29) is 11.9 Å². The van der Waals surface area contributed by atoms with E-state index in [0.717, 1.165) is 17.7 Å². The molecule has 6 heteroatoms. The fourth-order valence-electron chi connectivity index (χ4n) is 3.75. The predicted octanol–water partition coefficient (Wildman–Crippen LogP) is 3.52. The average Bonchev–Trinajstić information content (AvgIpc) is 2.94. The average molecular weight is 387 g/mol. The highest BCUT2D eigenvalue weighted by Gasteiger charge is 2.30. The number of fused-ring (bicyclic) bond motifs is 1. The van der Waals surface area contributed by atoms with Gasteiger partial charge in [0.05, 0.1) is 11.9 Å². The Morgan fingerprint density at radius 1 is 1.15 bits per heavy atom. The van der Waals surface area contributed by atoms with Gasteiger partial charge in [0.2, 0.25) is 15.9 Å². The molecule has 0 fully saturated rings. The molecule has 0 aliphatic carbocycles. The Balaban J connectivity index is 1.69. The first-order valence-corrected chi connectivity index (χ1v) is 11.1. The maximum atomic E-state index is 12.8. The molecule has 0 unspecified atom stereocenters. The Morgan fingerprint density at radius 2 is 1.81 bits per heavy atom. The van der Waals surface area contributed by atoms with Crippen LogP contribution in [0.4, 0.5) is 11.4 Å². The van der Waals surface area contributed by atoms with Crippen LogP contribution in [0, 0.1) is 6.92 Å². The predicted molar refractivity (Wildman–Crippen MR) is 110 cm³/mol. The zero-order valence-corrected chi connectivity index (χ0v) is 16.9. The van der Waals surface area contributed by atoms with E-state index in [4.69, 9.17) is 0 Å². The molecule has 27 heavy (non-hydrogen) atoms. The third-order valence-corrected chi connectivity index (χ3v) is 6.19. The van der Waals surface area contributed by atoms with Crippen LogP contribution in [0.25, 0.3) is 0 Å². The van der Waals surface area contributed by atoms with Crippen LogP contribution < -0.4 is 9.21 Å².